The molecule has 17 nitrogen and oxygen atoms in total. The molecule has 0 radical (unpaired) electrons. The third-order valence-electron chi connectivity index (χ3n) is 10.7. The molecule has 4 atom stereocenters. The SMILES string of the molecule is COc1cc(OC)cc(-c2cc(CCCNC(=O)[C@H](CCCN=C(NC(=O)OC(C)(C)C)NC(=O)OC(C)(C)C)NC(=O)OC(C)(C)C)c(/C=C3\SC(=S)N(C4CC5CCC4C5)C3=O)o2)c1. The number of thiocarbonyl (C=S) groups is 1. The summed E-state index contributed by atoms with van der Waals surface area (Å²) in [6, 6.07) is 6.46. The number of aryl methyl sites for hydroxylation is 1. The van der Waals surface area contributed by atoms with Crippen molar-refractivity contribution in [1.82, 2.24) is 26.2 Å². The minimum Gasteiger partial charge on any atom is -0.497 e. The Morgan fingerprint density at radius 3 is 2.02 bits per heavy atom. The lowest BCUT2D eigenvalue weighted by atomic mass is 9.94. The molecule has 5 amide bonds. The van der Waals surface area contributed by atoms with Gasteiger partial charge in [-0.15, -0.1) is 0 Å². The number of rotatable bonds is 15. The molecular weight excluding hydrogens is 889 g/mol. The normalized spacial score (nSPS) is 19.3. The Morgan fingerprint density at radius 2 is 1.47 bits per heavy atom. The Kier molecular flexibility index (Phi) is 17.2. The van der Waals surface area contributed by atoms with E-state index in [1.165, 1.54) is 18.2 Å². The van der Waals surface area contributed by atoms with E-state index in [4.69, 9.17) is 40.3 Å². The number of nitrogens with one attached hydrogen (secondary N) is 4. The van der Waals surface area contributed by atoms with Crippen molar-refractivity contribution in [2.45, 2.75) is 143 Å². The first-order chi connectivity index (χ1) is 30.9. The van der Waals surface area contributed by atoms with Crippen LogP contribution in [0.5, 0.6) is 11.5 Å². The molecule has 3 fully saturated rings. The van der Waals surface area contributed by atoms with Crippen molar-refractivity contribution in [2.75, 3.05) is 27.3 Å². The van der Waals surface area contributed by atoms with Crippen LogP contribution >= 0.6 is 24.0 Å². The highest BCUT2D eigenvalue weighted by Crippen LogP contribution is 2.49. The number of hydrogen-bond donors (Lipinski definition) is 4. The second-order valence-electron chi connectivity index (χ2n) is 19.6. The van der Waals surface area contributed by atoms with E-state index in [1.54, 1.807) is 88.7 Å². The Labute approximate surface area is 397 Å². The van der Waals surface area contributed by atoms with Crippen molar-refractivity contribution >= 4 is 70.4 Å². The fraction of sp³-hybridized carbons (Fsp3) is 0.596. The van der Waals surface area contributed by atoms with Crippen LogP contribution in [0, 0.1) is 11.8 Å². The summed E-state index contributed by atoms with van der Waals surface area (Å²) in [5.41, 5.74) is -0.936. The minimum absolute atomic E-state index is 0.0337. The van der Waals surface area contributed by atoms with Crippen LogP contribution in [-0.4, -0.2) is 101 Å². The molecule has 3 aliphatic rings. The van der Waals surface area contributed by atoms with Gasteiger partial charge in [0, 0.05) is 36.8 Å². The lowest BCUT2D eigenvalue weighted by molar-refractivity contribution is -0.124. The van der Waals surface area contributed by atoms with Crippen LogP contribution in [0.1, 0.15) is 119 Å². The first kappa shape index (κ1) is 51.7. The van der Waals surface area contributed by atoms with E-state index in [-0.39, 0.29) is 43.8 Å². The molecule has 5 rings (SSSR count). The summed E-state index contributed by atoms with van der Waals surface area (Å²) >= 11 is 7.06. The molecule has 1 aliphatic heterocycles. The van der Waals surface area contributed by atoms with Crippen LogP contribution in [0.25, 0.3) is 17.4 Å². The van der Waals surface area contributed by atoms with Crippen LogP contribution < -0.4 is 30.7 Å². The lowest BCUT2D eigenvalue weighted by Gasteiger charge is -2.30. The van der Waals surface area contributed by atoms with E-state index in [9.17, 15) is 24.0 Å². The molecule has 19 heteroatoms. The maximum Gasteiger partial charge on any atom is 0.414 e. The summed E-state index contributed by atoms with van der Waals surface area (Å²) < 4.78 is 34.2. The molecule has 1 aromatic carbocycles. The van der Waals surface area contributed by atoms with E-state index < -0.39 is 47.0 Å². The minimum atomic E-state index is -1.02. The van der Waals surface area contributed by atoms with Crippen molar-refractivity contribution in [1.29, 1.82) is 0 Å². The van der Waals surface area contributed by atoms with Crippen LogP contribution in [0.2, 0.25) is 0 Å². The smallest absolute Gasteiger partial charge is 0.414 e. The molecule has 66 heavy (non-hydrogen) atoms. The number of nitrogens with zero attached hydrogens (tertiary/aromatic N) is 2. The second-order valence-corrected chi connectivity index (χ2v) is 21.3. The van der Waals surface area contributed by atoms with Crippen molar-refractivity contribution in [3.8, 4) is 22.8 Å². The fourth-order valence-electron chi connectivity index (χ4n) is 7.99. The van der Waals surface area contributed by atoms with Crippen LogP contribution in [0.3, 0.4) is 0 Å². The molecule has 2 heterocycles. The molecule has 1 saturated heterocycles. The molecule has 362 valence electrons. The zero-order chi connectivity index (χ0) is 48.6. The number of alkyl carbamates (subject to hydrolysis) is 3. The second kappa shape index (κ2) is 22.0. The monoisotopic (exact) mass is 954 g/mol. The van der Waals surface area contributed by atoms with Gasteiger partial charge in [0.2, 0.25) is 11.9 Å². The number of thioether (sulfide) groups is 1. The molecule has 4 N–H and O–H groups in total. The molecule has 3 unspecified atom stereocenters. The summed E-state index contributed by atoms with van der Waals surface area (Å²) in [7, 11) is 3.14. The zero-order valence-corrected chi connectivity index (χ0v) is 41.6. The maximum atomic E-state index is 13.9. The number of carbonyl (C=O) groups excluding carboxylic acids is 5. The van der Waals surface area contributed by atoms with Gasteiger partial charge >= 0.3 is 18.3 Å². The van der Waals surface area contributed by atoms with Gasteiger partial charge in [0.05, 0.1) is 19.1 Å². The number of aliphatic imine (C=N–C) groups is 1. The lowest BCUT2D eigenvalue weighted by Crippen LogP contribution is -2.48. The average molecular weight is 955 g/mol. The van der Waals surface area contributed by atoms with Gasteiger partial charge in [0.25, 0.3) is 5.91 Å². The van der Waals surface area contributed by atoms with Crippen molar-refractivity contribution in [3.05, 3.63) is 40.5 Å². The number of carbonyl (C=O) groups is 5. The Hall–Kier alpha value is -5.30. The van der Waals surface area contributed by atoms with E-state index in [1.807, 2.05) is 23.1 Å². The number of furan rings is 1. The van der Waals surface area contributed by atoms with Gasteiger partial charge in [-0.1, -0.05) is 30.4 Å². The highest BCUT2D eigenvalue weighted by molar-refractivity contribution is 8.26. The number of fused-ring (bicyclic) bond motifs is 2. The van der Waals surface area contributed by atoms with Gasteiger partial charge in [-0.3, -0.25) is 30.1 Å². The Bertz CT molecular complexity index is 2130. The van der Waals surface area contributed by atoms with Crippen molar-refractivity contribution in [3.63, 3.8) is 0 Å². The predicted molar refractivity (Wildman–Crippen MR) is 256 cm³/mol. The van der Waals surface area contributed by atoms with Gasteiger partial charge in [0.15, 0.2) is 0 Å². The summed E-state index contributed by atoms with van der Waals surface area (Å²) in [4.78, 5) is 72.4. The topological polar surface area (TPSA) is 208 Å². The van der Waals surface area contributed by atoms with E-state index in [2.05, 4.69) is 26.3 Å². The number of methoxy groups -OCH3 is 2. The van der Waals surface area contributed by atoms with Gasteiger partial charge in [-0.2, -0.15) is 0 Å². The van der Waals surface area contributed by atoms with Crippen LogP contribution in [0.15, 0.2) is 38.6 Å². The largest absolute Gasteiger partial charge is 0.497 e. The standard InChI is InChI=1S/C47H66N6O11S2/c1-45(2,3)62-41(56)50-33(15-13-19-49-40(51-42(57)63-46(4,5)6)52-43(58)64-47(7,8)9)38(54)48-18-12-14-29-24-35(30-22-31(59-10)25-32(23-30)60-11)61-36(29)26-37-39(55)53(44(65)66-37)34-21-27-16-17-28(34)20-27/h22-28,33-34H,12-21H2,1-11H3,(H,48,54)(H,50,56)(H2,49,51,52,57,58)/b37-26-/t27?,28?,33-,34?/m0/s1. The van der Waals surface area contributed by atoms with E-state index in [0.29, 0.717) is 62.5 Å². The predicted octanol–water partition coefficient (Wildman–Crippen LogP) is 8.48. The number of hydrogen-bond acceptors (Lipinski definition) is 14. The van der Waals surface area contributed by atoms with E-state index >= 15 is 0 Å². The summed E-state index contributed by atoms with van der Waals surface area (Å²) in [6.45, 7) is 15.6. The fourth-order valence-corrected chi connectivity index (χ4v) is 9.34. The molecule has 0 spiro atoms. The first-order valence-corrected chi connectivity index (χ1v) is 23.6. The van der Waals surface area contributed by atoms with Crippen LogP contribution in [0.4, 0.5) is 14.4 Å². The van der Waals surface area contributed by atoms with Gasteiger partial charge in [-0.25, -0.2) is 14.4 Å². The molecule has 2 saturated carbocycles. The number of amides is 5. The average Bonchev–Trinajstić information content (AvgIpc) is 3.99. The highest BCUT2D eigenvalue weighted by Gasteiger charge is 2.48. The summed E-state index contributed by atoms with van der Waals surface area (Å²) in [6.07, 6.45) is 5.06. The third-order valence-corrected chi connectivity index (χ3v) is 12.0. The summed E-state index contributed by atoms with van der Waals surface area (Å²) in [5.74, 6) is 2.55. The van der Waals surface area contributed by atoms with Gasteiger partial charge in [0.1, 0.15) is 50.2 Å². The van der Waals surface area contributed by atoms with Gasteiger partial charge < -0.3 is 38.7 Å². The highest BCUT2D eigenvalue weighted by atomic mass is 32.2. The maximum absolute atomic E-state index is 13.9. The van der Waals surface area contributed by atoms with Crippen molar-refractivity contribution < 1.29 is 52.1 Å². The van der Waals surface area contributed by atoms with E-state index in [0.717, 1.165) is 24.8 Å². The third kappa shape index (κ3) is 15.4. The number of guanidine groups is 1. The number of benzene rings is 1. The first-order valence-electron chi connectivity index (χ1n) is 22.3. The van der Waals surface area contributed by atoms with Gasteiger partial charge in [-0.05, 0) is 143 Å². The Balaban J connectivity index is 1.29. The van der Waals surface area contributed by atoms with Crippen LogP contribution in [-0.2, 0) is 30.2 Å². The zero-order valence-electron chi connectivity index (χ0n) is 40.0. The molecule has 1 aromatic heterocycles. The molecule has 2 bridgehead atoms. The summed E-state index contributed by atoms with van der Waals surface area (Å²) in [5, 5.41) is 10.5. The number of ether oxygens (including phenoxy) is 5. The molecular formula is C47H66N6O11S2. The quantitative estimate of drug-likeness (QED) is 0.0330. The Morgan fingerprint density at radius 1 is 0.864 bits per heavy atom. The molecule has 2 aromatic rings. The molecule has 2 aliphatic carbocycles. The van der Waals surface area contributed by atoms with Crippen molar-refractivity contribution in [2.24, 2.45) is 16.8 Å².